The van der Waals surface area contributed by atoms with E-state index in [1.54, 1.807) is 12.1 Å². The van der Waals surface area contributed by atoms with Gasteiger partial charge >= 0.3 is 6.18 Å². The standard InChI is InChI=1S/C13H9ClF3N3/c14-9-2-1-3-10-8(9)6-7-20(10)12-5-4-11(18-19-12)13(15,16)17/h1-5H,6-7H2. The van der Waals surface area contributed by atoms with Gasteiger partial charge in [0.2, 0.25) is 0 Å². The second-order valence-corrected chi connectivity index (χ2v) is 4.82. The SMILES string of the molecule is FC(F)(F)c1ccc(N2CCc3c(Cl)cccc32)nn1. The van der Waals surface area contributed by atoms with Crippen molar-refractivity contribution in [2.24, 2.45) is 0 Å². The van der Waals surface area contributed by atoms with Crippen LogP contribution in [-0.4, -0.2) is 16.7 Å². The lowest BCUT2D eigenvalue weighted by molar-refractivity contribution is -0.141. The highest BCUT2D eigenvalue weighted by atomic mass is 35.5. The summed E-state index contributed by atoms with van der Waals surface area (Å²) in [7, 11) is 0. The number of hydrogen-bond acceptors (Lipinski definition) is 3. The number of anilines is 2. The van der Waals surface area contributed by atoms with E-state index in [0.717, 1.165) is 23.7 Å². The van der Waals surface area contributed by atoms with Crippen LogP contribution in [0, 0.1) is 0 Å². The van der Waals surface area contributed by atoms with Gasteiger partial charge in [-0.05, 0) is 36.2 Å². The van der Waals surface area contributed by atoms with Crippen LogP contribution < -0.4 is 4.90 Å². The van der Waals surface area contributed by atoms with E-state index >= 15 is 0 Å². The Morgan fingerprint density at radius 1 is 1.10 bits per heavy atom. The molecule has 0 unspecified atom stereocenters. The predicted octanol–water partition coefficient (Wildman–Crippen LogP) is 3.84. The van der Waals surface area contributed by atoms with Crippen molar-refractivity contribution in [2.45, 2.75) is 12.6 Å². The molecule has 104 valence electrons. The lowest BCUT2D eigenvalue weighted by atomic mass is 10.2. The van der Waals surface area contributed by atoms with Gasteiger partial charge in [0.1, 0.15) is 0 Å². The van der Waals surface area contributed by atoms with Gasteiger partial charge in [-0.2, -0.15) is 13.2 Å². The third-order valence-electron chi connectivity index (χ3n) is 3.19. The van der Waals surface area contributed by atoms with Crippen molar-refractivity contribution in [3.63, 3.8) is 0 Å². The highest BCUT2D eigenvalue weighted by molar-refractivity contribution is 6.31. The average Bonchev–Trinajstić information content (AvgIpc) is 2.83. The maximum Gasteiger partial charge on any atom is 0.435 e. The second-order valence-electron chi connectivity index (χ2n) is 4.41. The first kappa shape index (κ1) is 13.2. The number of nitrogens with zero attached hydrogens (tertiary/aromatic N) is 3. The number of rotatable bonds is 1. The van der Waals surface area contributed by atoms with Crippen LogP contribution in [-0.2, 0) is 12.6 Å². The molecule has 0 atom stereocenters. The number of benzene rings is 1. The zero-order chi connectivity index (χ0) is 14.3. The molecule has 1 aromatic carbocycles. The van der Waals surface area contributed by atoms with Crippen molar-refractivity contribution in [1.82, 2.24) is 10.2 Å². The molecule has 3 nitrogen and oxygen atoms in total. The van der Waals surface area contributed by atoms with Crippen LogP contribution in [0.15, 0.2) is 30.3 Å². The molecule has 1 aliphatic rings. The maximum atomic E-state index is 12.5. The summed E-state index contributed by atoms with van der Waals surface area (Å²) in [5, 5.41) is 7.57. The third kappa shape index (κ3) is 2.20. The van der Waals surface area contributed by atoms with Crippen molar-refractivity contribution in [3.05, 3.63) is 46.6 Å². The minimum Gasteiger partial charge on any atom is -0.324 e. The second kappa shape index (κ2) is 4.63. The van der Waals surface area contributed by atoms with Gasteiger partial charge in [-0.3, -0.25) is 0 Å². The molecule has 0 N–H and O–H groups in total. The van der Waals surface area contributed by atoms with E-state index in [0.29, 0.717) is 17.4 Å². The molecule has 0 amide bonds. The fourth-order valence-electron chi connectivity index (χ4n) is 2.25. The average molecular weight is 300 g/mol. The Morgan fingerprint density at radius 3 is 2.55 bits per heavy atom. The number of halogens is 4. The summed E-state index contributed by atoms with van der Waals surface area (Å²) in [6.45, 7) is 0.624. The Morgan fingerprint density at radius 2 is 1.90 bits per heavy atom. The minimum absolute atomic E-state index is 0.388. The van der Waals surface area contributed by atoms with E-state index in [9.17, 15) is 13.2 Å². The summed E-state index contributed by atoms with van der Waals surface area (Å²) >= 11 is 6.10. The molecule has 3 rings (SSSR count). The van der Waals surface area contributed by atoms with E-state index in [4.69, 9.17) is 11.6 Å². The van der Waals surface area contributed by atoms with Crippen LogP contribution in [0.1, 0.15) is 11.3 Å². The number of alkyl halides is 3. The molecule has 0 fully saturated rings. The van der Waals surface area contributed by atoms with E-state index in [-0.39, 0.29) is 0 Å². The molecule has 0 bridgehead atoms. The molecule has 20 heavy (non-hydrogen) atoms. The topological polar surface area (TPSA) is 29.0 Å². The number of fused-ring (bicyclic) bond motifs is 1. The monoisotopic (exact) mass is 299 g/mol. The Hall–Kier alpha value is -1.82. The summed E-state index contributed by atoms with van der Waals surface area (Å²) in [4.78, 5) is 1.81. The highest BCUT2D eigenvalue weighted by Crippen LogP contribution is 2.37. The number of hydrogen-bond donors (Lipinski definition) is 0. The van der Waals surface area contributed by atoms with E-state index in [2.05, 4.69) is 10.2 Å². The van der Waals surface area contributed by atoms with Gasteiger partial charge in [-0.1, -0.05) is 17.7 Å². The summed E-state index contributed by atoms with van der Waals surface area (Å²) in [5.74, 6) is 0.388. The fourth-order valence-corrected chi connectivity index (χ4v) is 2.51. The van der Waals surface area contributed by atoms with Gasteiger partial charge in [-0.25, -0.2) is 0 Å². The van der Waals surface area contributed by atoms with Crippen molar-refractivity contribution in [3.8, 4) is 0 Å². The smallest absolute Gasteiger partial charge is 0.324 e. The predicted molar refractivity (Wildman–Crippen MR) is 69.2 cm³/mol. The van der Waals surface area contributed by atoms with Gasteiger partial charge in [0.05, 0.1) is 0 Å². The van der Waals surface area contributed by atoms with Crippen LogP contribution in [0.25, 0.3) is 0 Å². The molecule has 7 heteroatoms. The molecule has 0 aliphatic carbocycles. The molecule has 1 aromatic heterocycles. The maximum absolute atomic E-state index is 12.5. The van der Waals surface area contributed by atoms with Gasteiger partial charge < -0.3 is 4.90 Å². The fraction of sp³-hybridized carbons (Fsp3) is 0.231. The van der Waals surface area contributed by atoms with Crippen LogP contribution in [0.2, 0.25) is 5.02 Å². The van der Waals surface area contributed by atoms with Crippen LogP contribution >= 0.6 is 11.6 Å². The van der Waals surface area contributed by atoms with Crippen molar-refractivity contribution in [2.75, 3.05) is 11.4 Å². The minimum atomic E-state index is -4.47. The molecular formula is C13H9ClF3N3. The quantitative estimate of drug-likeness (QED) is 0.801. The molecule has 0 radical (unpaired) electrons. The summed E-state index contributed by atoms with van der Waals surface area (Å²) in [5.41, 5.74) is 0.856. The summed E-state index contributed by atoms with van der Waals surface area (Å²) in [6.07, 6.45) is -3.74. The van der Waals surface area contributed by atoms with Crippen LogP contribution in [0.4, 0.5) is 24.7 Å². The molecule has 0 spiro atoms. The van der Waals surface area contributed by atoms with E-state index in [1.807, 2.05) is 11.0 Å². The zero-order valence-corrected chi connectivity index (χ0v) is 10.9. The molecule has 0 saturated carbocycles. The summed E-state index contributed by atoms with van der Waals surface area (Å²) < 4.78 is 37.4. The first-order valence-corrected chi connectivity index (χ1v) is 6.30. The van der Waals surface area contributed by atoms with Crippen LogP contribution in [0.3, 0.4) is 0 Å². The van der Waals surface area contributed by atoms with Crippen LogP contribution in [0.5, 0.6) is 0 Å². The normalized spacial score (nSPS) is 14.5. The van der Waals surface area contributed by atoms with E-state index in [1.165, 1.54) is 6.07 Å². The van der Waals surface area contributed by atoms with Crippen molar-refractivity contribution < 1.29 is 13.2 Å². The molecule has 0 saturated heterocycles. The lowest BCUT2D eigenvalue weighted by Gasteiger charge is -2.18. The Labute approximate surface area is 118 Å². The van der Waals surface area contributed by atoms with Gasteiger partial charge in [-0.15, -0.1) is 10.2 Å². The molecule has 1 aliphatic heterocycles. The molecule has 2 heterocycles. The third-order valence-corrected chi connectivity index (χ3v) is 3.54. The molecular weight excluding hydrogens is 291 g/mol. The van der Waals surface area contributed by atoms with E-state index < -0.39 is 11.9 Å². The van der Waals surface area contributed by atoms with Crippen molar-refractivity contribution >= 4 is 23.1 Å². The van der Waals surface area contributed by atoms with Gasteiger partial charge in [0, 0.05) is 17.3 Å². The Balaban J connectivity index is 1.95. The largest absolute Gasteiger partial charge is 0.435 e. The Bertz CT molecular complexity index is 640. The first-order chi connectivity index (χ1) is 9.47. The number of aromatic nitrogens is 2. The summed E-state index contributed by atoms with van der Waals surface area (Å²) in [6, 6.07) is 7.73. The zero-order valence-electron chi connectivity index (χ0n) is 10.2. The molecule has 2 aromatic rings. The lowest BCUT2D eigenvalue weighted by Crippen LogP contribution is -2.17. The highest BCUT2D eigenvalue weighted by Gasteiger charge is 2.33. The van der Waals surface area contributed by atoms with Gasteiger partial charge in [0.25, 0.3) is 0 Å². The van der Waals surface area contributed by atoms with Crippen molar-refractivity contribution in [1.29, 1.82) is 0 Å². The first-order valence-electron chi connectivity index (χ1n) is 5.92. The van der Waals surface area contributed by atoms with Gasteiger partial charge in [0.15, 0.2) is 11.5 Å². The Kier molecular flexibility index (Phi) is 3.05.